The lowest BCUT2D eigenvalue weighted by atomic mass is 10.1. The number of hydrogen-bond acceptors (Lipinski definition) is 6. The van der Waals surface area contributed by atoms with Gasteiger partial charge in [-0.05, 0) is 36.8 Å². The first-order valence-corrected chi connectivity index (χ1v) is 10.7. The molecule has 0 fully saturated rings. The number of aryl methyl sites for hydroxylation is 1. The van der Waals surface area contributed by atoms with Crippen molar-refractivity contribution >= 4 is 15.7 Å². The van der Waals surface area contributed by atoms with Gasteiger partial charge in [0, 0.05) is 24.7 Å². The van der Waals surface area contributed by atoms with Crippen LogP contribution in [-0.4, -0.2) is 30.8 Å². The number of benzene rings is 2. The Labute approximate surface area is 163 Å². The summed E-state index contributed by atoms with van der Waals surface area (Å²) in [6.07, 6.45) is 1.71. The van der Waals surface area contributed by atoms with Crippen LogP contribution in [0.1, 0.15) is 30.8 Å². The smallest absolute Gasteiger partial charge is 0.247 e. The van der Waals surface area contributed by atoms with Crippen LogP contribution in [-0.2, 0) is 21.1 Å². The van der Waals surface area contributed by atoms with Crippen LogP contribution in [0.25, 0.3) is 11.5 Å². The van der Waals surface area contributed by atoms with E-state index in [1.165, 1.54) is 12.1 Å². The number of nitrogens with one attached hydrogen (secondary N) is 1. The van der Waals surface area contributed by atoms with Crippen LogP contribution < -0.4 is 5.32 Å². The number of hydrogen-bond donors (Lipinski definition) is 1. The van der Waals surface area contributed by atoms with Gasteiger partial charge in [0.15, 0.2) is 9.84 Å². The van der Waals surface area contributed by atoms with Crippen LogP contribution in [0.3, 0.4) is 0 Å². The summed E-state index contributed by atoms with van der Waals surface area (Å²) in [6, 6.07) is 15.7. The van der Waals surface area contributed by atoms with E-state index in [4.69, 9.17) is 4.42 Å². The van der Waals surface area contributed by atoms with Gasteiger partial charge in [-0.1, -0.05) is 30.3 Å². The molecule has 0 radical (unpaired) electrons. The zero-order valence-electron chi connectivity index (χ0n) is 15.6. The molecule has 0 bridgehead atoms. The molecule has 1 aromatic heterocycles. The molecule has 3 rings (SSSR count). The van der Waals surface area contributed by atoms with E-state index in [2.05, 4.69) is 15.5 Å². The standard InChI is InChI=1S/C20H21N3O4S/c1-14(15-8-10-17(11-9-15)28(2,25)26)21-18(24)12-13-19-22-23-20(27-19)16-6-4-3-5-7-16/h3-11,14H,12-13H2,1-2H3,(H,21,24). The van der Waals surface area contributed by atoms with Gasteiger partial charge in [0.05, 0.1) is 10.9 Å². The number of sulfone groups is 1. The maximum absolute atomic E-state index is 12.2. The highest BCUT2D eigenvalue weighted by Crippen LogP contribution is 2.18. The largest absolute Gasteiger partial charge is 0.421 e. The fourth-order valence-electron chi connectivity index (χ4n) is 2.67. The van der Waals surface area contributed by atoms with Crippen molar-refractivity contribution in [1.82, 2.24) is 15.5 Å². The molecule has 0 aliphatic heterocycles. The van der Waals surface area contributed by atoms with Crippen LogP contribution in [0, 0.1) is 0 Å². The van der Waals surface area contributed by atoms with Crippen molar-refractivity contribution in [2.45, 2.75) is 30.7 Å². The minimum absolute atomic E-state index is 0.154. The molecule has 1 heterocycles. The van der Waals surface area contributed by atoms with Gasteiger partial charge < -0.3 is 9.73 Å². The molecule has 3 aromatic rings. The number of amides is 1. The highest BCUT2D eigenvalue weighted by atomic mass is 32.2. The SMILES string of the molecule is CC(NC(=O)CCc1nnc(-c2ccccc2)o1)c1ccc(S(C)(=O)=O)cc1. The van der Waals surface area contributed by atoms with Crippen molar-refractivity contribution in [3.05, 3.63) is 66.1 Å². The first kappa shape index (κ1) is 19.8. The molecular formula is C20H21N3O4S. The first-order valence-electron chi connectivity index (χ1n) is 8.80. The van der Waals surface area contributed by atoms with Crippen LogP contribution in [0.15, 0.2) is 63.9 Å². The van der Waals surface area contributed by atoms with E-state index in [-0.39, 0.29) is 23.3 Å². The zero-order chi connectivity index (χ0) is 20.1. The third-order valence-corrected chi connectivity index (χ3v) is 5.37. The maximum Gasteiger partial charge on any atom is 0.247 e. The Balaban J connectivity index is 1.54. The summed E-state index contributed by atoms with van der Waals surface area (Å²) >= 11 is 0. The lowest BCUT2D eigenvalue weighted by Gasteiger charge is -2.14. The predicted molar refractivity (Wildman–Crippen MR) is 104 cm³/mol. The van der Waals surface area contributed by atoms with Gasteiger partial charge in [-0.3, -0.25) is 4.79 Å². The van der Waals surface area contributed by atoms with Crippen LogP contribution in [0.2, 0.25) is 0 Å². The van der Waals surface area contributed by atoms with E-state index < -0.39 is 9.84 Å². The molecule has 0 saturated heterocycles. The Bertz CT molecular complexity index is 1040. The third kappa shape index (κ3) is 5.04. The second kappa shape index (κ2) is 8.35. The normalized spacial score (nSPS) is 12.5. The minimum Gasteiger partial charge on any atom is -0.421 e. The number of rotatable bonds is 7. The van der Waals surface area contributed by atoms with Gasteiger partial charge in [-0.25, -0.2) is 8.42 Å². The molecule has 146 valence electrons. The molecule has 1 amide bonds. The topological polar surface area (TPSA) is 102 Å². The average molecular weight is 399 g/mol. The summed E-state index contributed by atoms with van der Waals surface area (Å²) in [5, 5.41) is 10.9. The highest BCUT2D eigenvalue weighted by Gasteiger charge is 2.14. The molecule has 1 atom stereocenters. The van der Waals surface area contributed by atoms with E-state index in [0.717, 1.165) is 17.4 Å². The summed E-state index contributed by atoms with van der Waals surface area (Å²) in [6.45, 7) is 1.84. The van der Waals surface area contributed by atoms with Crippen molar-refractivity contribution in [2.75, 3.05) is 6.26 Å². The lowest BCUT2D eigenvalue weighted by Crippen LogP contribution is -2.26. The Morgan fingerprint density at radius 3 is 2.39 bits per heavy atom. The quantitative estimate of drug-likeness (QED) is 0.655. The fraction of sp³-hybridized carbons (Fsp3) is 0.250. The third-order valence-electron chi connectivity index (χ3n) is 4.24. The van der Waals surface area contributed by atoms with Crippen molar-refractivity contribution < 1.29 is 17.6 Å². The maximum atomic E-state index is 12.2. The summed E-state index contributed by atoms with van der Waals surface area (Å²) in [5.74, 6) is 0.675. The monoisotopic (exact) mass is 399 g/mol. The fourth-order valence-corrected chi connectivity index (χ4v) is 3.30. The molecule has 2 aromatic carbocycles. The number of carbonyl (C=O) groups is 1. The van der Waals surface area contributed by atoms with Crippen molar-refractivity contribution in [1.29, 1.82) is 0 Å². The summed E-state index contributed by atoms with van der Waals surface area (Å²) in [5.41, 5.74) is 1.65. The van der Waals surface area contributed by atoms with Crippen LogP contribution >= 0.6 is 0 Å². The Morgan fingerprint density at radius 2 is 1.75 bits per heavy atom. The summed E-state index contributed by atoms with van der Waals surface area (Å²) in [4.78, 5) is 12.5. The first-order chi connectivity index (χ1) is 13.3. The van der Waals surface area contributed by atoms with Gasteiger partial charge in [-0.15, -0.1) is 10.2 Å². The summed E-state index contributed by atoms with van der Waals surface area (Å²) in [7, 11) is -3.24. The minimum atomic E-state index is -3.24. The number of carbonyl (C=O) groups excluding carboxylic acids is 1. The molecule has 1 unspecified atom stereocenters. The second-order valence-electron chi connectivity index (χ2n) is 6.50. The second-order valence-corrected chi connectivity index (χ2v) is 8.51. The Morgan fingerprint density at radius 1 is 1.07 bits per heavy atom. The molecule has 0 spiro atoms. The van der Waals surface area contributed by atoms with Crippen LogP contribution in [0.4, 0.5) is 0 Å². The molecule has 0 aliphatic carbocycles. The Hall–Kier alpha value is -3.00. The zero-order valence-corrected chi connectivity index (χ0v) is 16.4. The lowest BCUT2D eigenvalue weighted by molar-refractivity contribution is -0.121. The van der Waals surface area contributed by atoms with Gasteiger partial charge in [-0.2, -0.15) is 0 Å². The number of nitrogens with zero attached hydrogens (tertiary/aromatic N) is 2. The molecule has 8 heteroatoms. The van der Waals surface area contributed by atoms with E-state index in [1.54, 1.807) is 12.1 Å². The van der Waals surface area contributed by atoms with E-state index >= 15 is 0 Å². The highest BCUT2D eigenvalue weighted by molar-refractivity contribution is 7.90. The molecule has 0 aliphatic rings. The Kier molecular flexibility index (Phi) is 5.89. The molecule has 1 N–H and O–H groups in total. The van der Waals surface area contributed by atoms with Gasteiger partial charge in [0.1, 0.15) is 0 Å². The predicted octanol–water partition coefficient (Wildman–Crippen LogP) is 2.95. The molecule has 7 nitrogen and oxygen atoms in total. The molecular weight excluding hydrogens is 378 g/mol. The van der Waals surface area contributed by atoms with Gasteiger partial charge >= 0.3 is 0 Å². The molecule has 0 saturated carbocycles. The van der Waals surface area contributed by atoms with Crippen molar-refractivity contribution in [3.8, 4) is 11.5 Å². The van der Waals surface area contributed by atoms with Gasteiger partial charge in [0.2, 0.25) is 17.7 Å². The summed E-state index contributed by atoms with van der Waals surface area (Å²) < 4.78 is 28.6. The van der Waals surface area contributed by atoms with Gasteiger partial charge in [0.25, 0.3) is 0 Å². The van der Waals surface area contributed by atoms with E-state index in [9.17, 15) is 13.2 Å². The number of aromatic nitrogens is 2. The van der Waals surface area contributed by atoms with Crippen molar-refractivity contribution in [2.24, 2.45) is 0 Å². The van der Waals surface area contributed by atoms with Crippen LogP contribution in [0.5, 0.6) is 0 Å². The average Bonchev–Trinajstić information content (AvgIpc) is 3.15. The molecule has 28 heavy (non-hydrogen) atoms. The van der Waals surface area contributed by atoms with Crippen molar-refractivity contribution in [3.63, 3.8) is 0 Å². The van der Waals surface area contributed by atoms with E-state index in [1.807, 2.05) is 37.3 Å². The van der Waals surface area contributed by atoms with E-state index in [0.29, 0.717) is 18.2 Å².